The van der Waals surface area contributed by atoms with E-state index in [9.17, 15) is 13.6 Å². The van der Waals surface area contributed by atoms with Crippen LogP contribution in [0.25, 0.3) is 22.4 Å². The third-order valence-electron chi connectivity index (χ3n) is 6.73. The number of rotatable bonds is 6. The molecule has 1 amide bonds. The molecule has 0 aliphatic carbocycles. The molecule has 8 heteroatoms. The number of hydrogen-bond donors (Lipinski definition) is 2. The summed E-state index contributed by atoms with van der Waals surface area (Å²) >= 11 is 0. The van der Waals surface area contributed by atoms with Gasteiger partial charge in [0.15, 0.2) is 0 Å². The highest BCUT2D eigenvalue weighted by molar-refractivity contribution is 5.81. The van der Waals surface area contributed by atoms with E-state index in [1.165, 1.54) is 31.0 Å². The molecule has 2 N–H and O–H groups in total. The molecule has 0 bridgehead atoms. The van der Waals surface area contributed by atoms with Gasteiger partial charge >= 0.3 is 0 Å². The minimum absolute atomic E-state index is 0.0833. The molecule has 2 aliphatic heterocycles. The van der Waals surface area contributed by atoms with Crippen LogP contribution in [-0.2, 0) is 4.79 Å². The SMILES string of the molecule is O=C(NCCN1CCCC1)[C@@H]1CCCN(c2ccc(F)c(-c3nc4ccc(F)cc4[nH]3)c2)C1. The zero-order chi connectivity index (χ0) is 22.8. The van der Waals surface area contributed by atoms with E-state index in [-0.39, 0.29) is 17.6 Å². The van der Waals surface area contributed by atoms with E-state index in [4.69, 9.17) is 0 Å². The van der Waals surface area contributed by atoms with Crippen molar-refractivity contribution >= 4 is 22.6 Å². The summed E-state index contributed by atoms with van der Waals surface area (Å²) in [6.07, 6.45) is 4.25. The number of piperidine rings is 1. The molecule has 0 unspecified atom stereocenters. The van der Waals surface area contributed by atoms with E-state index in [1.54, 1.807) is 18.2 Å². The van der Waals surface area contributed by atoms with E-state index in [2.05, 4.69) is 25.1 Å². The van der Waals surface area contributed by atoms with Crippen LogP contribution >= 0.6 is 0 Å². The first kappa shape index (κ1) is 21.8. The molecule has 2 aliphatic rings. The fourth-order valence-electron chi connectivity index (χ4n) is 4.91. The number of fused-ring (bicyclic) bond motifs is 1. The number of imidazole rings is 1. The maximum atomic E-state index is 14.7. The van der Waals surface area contributed by atoms with Gasteiger partial charge < -0.3 is 20.1 Å². The quantitative estimate of drug-likeness (QED) is 0.594. The van der Waals surface area contributed by atoms with Crippen molar-refractivity contribution in [2.75, 3.05) is 44.2 Å². The number of aromatic amines is 1. The zero-order valence-corrected chi connectivity index (χ0v) is 18.6. The summed E-state index contributed by atoms with van der Waals surface area (Å²) in [7, 11) is 0. The highest BCUT2D eigenvalue weighted by Gasteiger charge is 2.26. The third-order valence-corrected chi connectivity index (χ3v) is 6.73. The third kappa shape index (κ3) is 4.85. The molecule has 2 saturated heterocycles. The first-order chi connectivity index (χ1) is 16.1. The van der Waals surface area contributed by atoms with Crippen molar-refractivity contribution in [3.8, 4) is 11.4 Å². The number of nitrogens with zero attached hydrogens (tertiary/aromatic N) is 3. The molecule has 174 valence electrons. The number of nitrogens with one attached hydrogen (secondary N) is 2. The Balaban J connectivity index is 1.28. The number of benzene rings is 2. The van der Waals surface area contributed by atoms with Crippen molar-refractivity contribution < 1.29 is 13.6 Å². The number of anilines is 1. The Bertz CT molecular complexity index is 1140. The van der Waals surface area contributed by atoms with Gasteiger partial charge in [-0.3, -0.25) is 4.79 Å². The number of likely N-dealkylation sites (tertiary alicyclic amines) is 1. The van der Waals surface area contributed by atoms with E-state index in [0.717, 1.165) is 44.7 Å². The molecule has 5 rings (SSSR count). The second kappa shape index (κ2) is 9.47. The lowest BCUT2D eigenvalue weighted by molar-refractivity contribution is -0.125. The molecule has 3 heterocycles. The summed E-state index contributed by atoms with van der Waals surface area (Å²) in [6, 6.07) is 9.20. The molecule has 3 aromatic rings. The Morgan fingerprint density at radius 3 is 2.79 bits per heavy atom. The standard InChI is InChI=1S/C25H29F2N5O/c26-18-5-8-22-23(14-18)30-24(29-22)20-15-19(6-7-21(20)27)32-12-3-4-17(16-32)25(33)28-9-13-31-10-1-2-11-31/h5-8,14-15,17H,1-4,9-13,16H2,(H,28,33)(H,29,30)/t17-/m1/s1. The summed E-state index contributed by atoms with van der Waals surface area (Å²) in [5.74, 6) is -0.389. The second-order valence-electron chi connectivity index (χ2n) is 9.04. The highest BCUT2D eigenvalue weighted by atomic mass is 19.1. The fourth-order valence-corrected chi connectivity index (χ4v) is 4.91. The Kier molecular flexibility index (Phi) is 6.26. The van der Waals surface area contributed by atoms with E-state index >= 15 is 0 Å². The van der Waals surface area contributed by atoms with Gasteiger partial charge in [-0.2, -0.15) is 0 Å². The minimum atomic E-state index is -0.397. The summed E-state index contributed by atoms with van der Waals surface area (Å²) < 4.78 is 28.2. The molecule has 0 radical (unpaired) electrons. The zero-order valence-electron chi connectivity index (χ0n) is 18.6. The summed E-state index contributed by atoms with van der Waals surface area (Å²) in [4.78, 5) is 24.7. The largest absolute Gasteiger partial charge is 0.371 e. The number of carbonyl (C=O) groups excluding carboxylic acids is 1. The van der Waals surface area contributed by atoms with Crippen molar-refractivity contribution in [2.24, 2.45) is 5.92 Å². The van der Waals surface area contributed by atoms with Gasteiger partial charge in [-0.25, -0.2) is 13.8 Å². The molecule has 0 spiro atoms. The Labute approximate surface area is 192 Å². The van der Waals surface area contributed by atoms with Crippen LogP contribution in [0.4, 0.5) is 14.5 Å². The van der Waals surface area contributed by atoms with Crippen LogP contribution in [0, 0.1) is 17.6 Å². The van der Waals surface area contributed by atoms with Gasteiger partial charge in [-0.1, -0.05) is 0 Å². The van der Waals surface area contributed by atoms with Crippen LogP contribution in [0.2, 0.25) is 0 Å². The molecule has 1 atom stereocenters. The predicted molar refractivity (Wildman–Crippen MR) is 125 cm³/mol. The van der Waals surface area contributed by atoms with Gasteiger partial charge in [0.25, 0.3) is 0 Å². The van der Waals surface area contributed by atoms with Crippen molar-refractivity contribution in [3.63, 3.8) is 0 Å². The molecule has 33 heavy (non-hydrogen) atoms. The van der Waals surface area contributed by atoms with E-state index < -0.39 is 5.82 Å². The van der Waals surface area contributed by atoms with Gasteiger partial charge in [0.05, 0.1) is 22.5 Å². The van der Waals surface area contributed by atoms with Crippen LogP contribution in [-0.4, -0.2) is 60.0 Å². The average Bonchev–Trinajstić information content (AvgIpc) is 3.49. The van der Waals surface area contributed by atoms with Gasteiger partial charge in [0.1, 0.15) is 17.5 Å². The van der Waals surface area contributed by atoms with Crippen molar-refractivity contribution in [1.29, 1.82) is 0 Å². The van der Waals surface area contributed by atoms with Gasteiger partial charge in [-0.15, -0.1) is 0 Å². The van der Waals surface area contributed by atoms with Crippen LogP contribution in [0.15, 0.2) is 36.4 Å². The highest BCUT2D eigenvalue weighted by Crippen LogP contribution is 2.30. The Morgan fingerprint density at radius 2 is 1.94 bits per heavy atom. The monoisotopic (exact) mass is 453 g/mol. The predicted octanol–water partition coefficient (Wildman–Crippen LogP) is 3.94. The van der Waals surface area contributed by atoms with Crippen molar-refractivity contribution in [2.45, 2.75) is 25.7 Å². The molecule has 2 aromatic carbocycles. The van der Waals surface area contributed by atoms with E-state index in [1.807, 2.05) is 0 Å². The minimum Gasteiger partial charge on any atom is -0.371 e. The lowest BCUT2D eigenvalue weighted by Crippen LogP contribution is -2.44. The lowest BCUT2D eigenvalue weighted by atomic mass is 9.96. The van der Waals surface area contributed by atoms with Gasteiger partial charge in [0, 0.05) is 31.9 Å². The first-order valence-corrected chi connectivity index (χ1v) is 11.8. The average molecular weight is 454 g/mol. The topological polar surface area (TPSA) is 64.3 Å². The molecule has 1 aromatic heterocycles. The number of hydrogen-bond acceptors (Lipinski definition) is 4. The number of carbonyl (C=O) groups is 1. The van der Waals surface area contributed by atoms with Crippen LogP contribution in [0.3, 0.4) is 0 Å². The molecule has 6 nitrogen and oxygen atoms in total. The lowest BCUT2D eigenvalue weighted by Gasteiger charge is -2.34. The van der Waals surface area contributed by atoms with Crippen molar-refractivity contribution in [1.82, 2.24) is 20.2 Å². The molecular formula is C25H29F2N5O. The summed E-state index contributed by atoms with van der Waals surface area (Å²) in [5, 5.41) is 3.10. The van der Waals surface area contributed by atoms with Crippen LogP contribution in [0.5, 0.6) is 0 Å². The summed E-state index contributed by atoms with van der Waals surface area (Å²) in [6.45, 7) is 5.26. The number of aromatic nitrogens is 2. The Hall–Kier alpha value is -3.00. The Morgan fingerprint density at radius 1 is 1.09 bits per heavy atom. The normalized spacial score (nSPS) is 19.3. The molecule has 0 saturated carbocycles. The number of amides is 1. The van der Waals surface area contributed by atoms with Crippen LogP contribution < -0.4 is 10.2 Å². The number of halogens is 2. The van der Waals surface area contributed by atoms with Crippen molar-refractivity contribution in [3.05, 3.63) is 48.0 Å². The first-order valence-electron chi connectivity index (χ1n) is 11.8. The maximum absolute atomic E-state index is 14.7. The van der Waals surface area contributed by atoms with Crippen LogP contribution in [0.1, 0.15) is 25.7 Å². The fraction of sp³-hybridized carbons (Fsp3) is 0.440. The smallest absolute Gasteiger partial charge is 0.224 e. The van der Waals surface area contributed by atoms with Gasteiger partial charge in [0.2, 0.25) is 5.91 Å². The second-order valence-corrected chi connectivity index (χ2v) is 9.04. The maximum Gasteiger partial charge on any atom is 0.224 e. The van der Waals surface area contributed by atoms with Gasteiger partial charge in [-0.05, 0) is 75.2 Å². The van der Waals surface area contributed by atoms with E-state index in [0.29, 0.717) is 35.5 Å². The molecule has 2 fully saturated rings. The summed E-state index contributed by atoms with van der Waals surface area (Å²) in [5.41, 5.74) is 2.30. The molecular weight excluding hydrogens is 424 g/mol. The number of H-pyrrole nitrogens is 1.